The fourth-order valence-electron chi connectivity index (χ4n) is 2.31. The molecule has 0 radical (unpaired) electrons. The molecule has 1 N–H and O–H groups in total. The molecule has 1 aliphatic carbocycles. The lowest BCUT2D eigenvalue weighted by Gasteiger charge is -2.13. The van der Waals surface area contributed by atoms with Crippen LogP contribution in [-0.4, -0.2) is 18.6 Å². The summed E-state index contributed by atoms with van der Waals surface area (Å²) in [5.41, 5.74) is 2.77. The third-order valence-corrected chi connectivity index (χ3v) is 4.18. The van der Waals surface area contributed by atoms with Gasteiger partial charge in [-0.25, -0.2) is 0 Å². The summed E-state index contributed by atoms with van der Waals surface area (Å²) in [5, 5.41) is 4.56. The SMILES string of the molecule is CSCCCNC1CCc2c(Cl)cccc21. The zero-order valence-corrected chi connectivity index (χ0v) is 11.2. The summed E-state index contributed by atoms with van der Waals surface area (Å²) in [4.78, 5) is 0. The lowest BCUT2D eigenvalue weighted by Crippen LogP contribution is -2.20. The Bertz CT molecular complexity index is 354. The molecule has 0 aromatic heterocycles. The summed E-state index contributed by atoms with van der Waals surface area (Å²) in [6, 6.07) is 6.79. The molecule has 1 aromatic carbocycles. The Hall–Kier alpha value is -0.180. The fourth-order valence-corrected chi connectivity index (χ4v) is 3.02. The van der Waals surface area contributed by atoms with Gasteiger partial charge in [0.15, 0.2) is 0 Å². The first-order valence-corrected chi connectivity index (χ1v) is 7.59. The number of rotatable bonds is 5. The monoisotopic (exact) mass is 255 g/mol. The first-order chi connectivity index (χ1) is 7.83. The zero-order chi connectivity index (χ0) is 11.4. The number of benzene rings is 1. The van der Waals surface area contributed by atoms with Gasteiger partial charge in [-0.15, -0.1) is 0 Å². The van der Waals surface area contributed by atoms with Crippen LogP contribution in [0.4, 0.5) is 0 Å². The number of fused-ring (bicyclic) bond motifs is 1. The normalized spacial score (nSPS) is 18.8. The summed E-state index contributed by atoms with van der Waals surface area (Å²) in [5.74, 6) is 1.24. The molecule has 0 fully saturated rings. The average Bonchev–Trinajstić information content (AvgIpc) is 2.70. The second-order valence-corrected chi connectivity index (χ2v) is 5.59. The van der Waals surface area contributed by atoms with Crippen molar-refractivity contribution in [3.8, 4) is 0 Å². The molecular formula is C13H18ClNS. The molecule has 0 bridgehead atoms. The smallest absolute Gasteiger partial charge is 0.0441 e. The maximum atomic E-state index is 6.19. The van der Waals surface area contributed by atoms with Crippen molar-refractivity contribution in [1.29, 1.82) is 0 Å². The minimum absolute atomic E-state index is 0.524. The lowest BCUT2D eigenvalue weighted by molar-refractivity contribution is 0.530. The van der Waals surface area contributed by atoms with E-state index in [1.165, 1.54) is 29.7 Å². The highest BCUT2D eigenvalue weighted by atomic mass is 35.5. The van der Waals surface area contributed by atoms with Crippen LogP contribution in [0.1, 0.15) is 30.0 Å². The Morgan fingerprint density at radius 3 is 3.19 bits per heavy atom. The highest BCUT2D eigenvalue weighted by molar-refractivity contribution is 7.98. The van der Waals surface area contributed by atoms with Crippen molar-refractivity contribution in [2.45, 2.75) is 25.3 Å². The summed E-state index contributed by atoms with van der Waals surface area (Å²) in [7, 11) is 0. The van der Waals surface area contributed by atoms with E-state index in [1.807, 2.05) is 17.8 Å². The van der Waals surface area contributed by atoms with Crippen molar-refractivity contribution < 1.29 is 0 Å². The molecular weight excluding hydrogens is 238 g/mol. The predicted octanol–water partition coefficient (Wildman–Crippen LogP) is 3.67. The molecule has 1 unspecified atom stereocenters. The largest absolute Gasteiger partial charge is 0.310 e. The van der Waals surface area contributed by atoms with Crippen LogP contribution >= 0.6 is 23.4 Å². The Balaban J connectivity index is 1.93. The van der Waals surface area contributed by atoms with Crippen LogP contribution in [0.15, 0.2) is 18.2 Å². The molecule has 3 heteroatoms. The van der Waals surface area contributed by atoms with Crippen LogP contribution in [0, 0.1) is 0 Å². The summed E-state index contributed by atoms with van der Waals surface area (Å²) in [6.07, 6.45) is 5.71. The van der Waals surface area contributed by atoms with Crippen LogP contribution in [0.25, 0.3) is 0 Å². The Labute approximate surface area is 107 Å². The zero-order valence-electron chi connectivity index (χ0n) is 9.63. The van der Waals surface area contributed by atoms with Gasteiger partial charge in [0.25, 0.3) is 0 Å². The van der Waals surface area contributed by atoms with Gasteiger partial charge < -0.3 is 5.32 Å². The van der Waals surface area contributed by atoms with E-state index >= 15 is 0 Å². The highest BCUT2D eigenvalue weighted by Crippen LogP contribution is 2.35. The minimum Gasteiger partial charge on any atom is -0.310 e. The molecule has 0 saturated carbocycles. The van der Waals surface area contributed by atoms with Gasteiger partial charge in [-0.2, -0.15) is 11.8 Å². The van der Waals surface area contributed by atoms with E-state index < -0.39 is 0 Å². The van der Waals surface area contributed by atoms with Crippen molar-refractivity contribution in [2.24, 2.45) is 0 Å². The fraction of sp³-hybridized carbons (Fsp3) is 0.538. The van der Waals surface area contributed by atoms with Gasteiger partial charge in [0.1, 0.15) is 0 Å². The highest BCUT2D eigenvalue weighted by Gasteiger charge is 2.23. The maximum absolute atomic E-state index is 6.19. The second-order valence-electron chi connectivity index (χ2n) is 4.20. The Kier molecular flexibility index (Phi) is 4.56. The first kappa shape index (κ1) is 12.3. The number of thioether (sulfide) groups is 1. The summed E-state index contributed by atoms with van der Waals surface area (Å²) in [6.45, 7) is 1.11. The second kappa shape index (κ2) is 5.95. The number of halogens is 1. The van der Waals surface area contributed by atoms with Crippen LogP contribution < -0.4 is 5.32 Å². The van der Waals surface area contributed by atoms with Crippen LogP contribution in [0.5, 0.6) is 0 Å². The van der Waals surface area contributed by atoms with Crippen LogP contribution in [-0.2, 0) is 6.42 Å². The van der Waals surface area contributed by atoms with E-state index in [0.29, 0.717) is 6.04 Å². The standard InChI is InChI=1S/C13H18ClNS/c1-16-9-3-8-15-13-7-6-10-11(13)4-2-5-12(10)14/h2,4-5,13,15H,3,6-9H2,1H3. The van der Waals surface area contributed by atoms with Crippen molar-refractivity contribution in [1.82, 2.24) is 5.32 Å². The van der Waals surface area contributed by atoms with E-state index in [2.05, 4.69) is 23.7 Å². The lowest BCUT2D eigenvalue weighted by atomic mass is 10.1. The van der Waals surface area contributed by atoms with E-state index in [9.17, 15) is 0 Å². The molecule has 1 aliphatic rings. The van der Waals surface area contributed by atoms with Gasteiger partial charge in [0.2, 0.25) is 0 Å². The van der Waals surface area contributed by atoms with Crippen molar-refractivity contribution in [2.75, 3.05) is 18.6 Å². The van der Waals surface area contributed by atoms with E-state index in [4.69, 9.17) is 11.6 Å². The van der Waals surface area contributed by atoms with Gasteiger partial charge in [-0.05, 0) is 55.0 Å². The van der Waals surface area contributed by atoms with Gasteiger partial charge in [0, 0.05) is 11.1 Å². The van der Waals surface area contributed by atoms with Crippen LogP contribution in [0.3, 0.4) is 0 Å². The molecule has 16 heavy (non-hydrogen) atoms. The number of hydrogen-bond donors (Lipinski definition) is 1. The Morgan fingerprint density at radius 2 is 2.38 bits per heavy atom. The maximum Gasteiger partial charge on any atom is 0.0441 e. The molecule has 2 rings (SSSR count). The molecule has 88 valence electrons. The molecule has 0 heterocycles. The van der Waals surface area contributed by atoms with Gasteiger partial charge in [-0.3, -0.25) is 0 Å². The topological polar surface area (TPSA) is 12.0 Å². The van der Waals surface area contributed by atoms with E-state index in [-0.39, 0.29) is 0 Å². The molecule has 0 aliphatic heterocycles. The quantitative estimate of drug-likeness (QED) is 0.806. The van der Waals surface area contributed by atoms with E-state index in [1.54, 1.807) is 0 Å². The van der Waals surface area contributed by atoms with Crippen molar-refractivity contribution >= 4 is 23.4 Å². The summed E-state index contributed by atoms with van der Waals surface area (Å²) >= 11 is 8.10. The molecule has 0 amide bonds. The molecule has 0 saturated heterocycles. The number of nitrogens with one attached hydrogen (secondary N) is 1. The molecule has 1 atom stereocenters. The molecule has 0 spiro atoms. The molecule has 1 nitrogen and oxygen atoms in total. The first-order valence-electron chi connectivity index (χ1n) is 5.82. The third kappa shape index (κ3) is 2.73. The van der Waals surface area contributed by atoms with Gasteiger partial charge in [-0.1, -0.05) is 23.7 Å². The van der Waals surface area contributed by atoms with Gasteiger partial charge in [0.05, 0.1) is 0 Å². The van der Waals surface area contributed by atoms with Crippen molar-refractivity contribution in [3.05, 3.63) is 34.3 Å². The van der Waals surface area contributed by atoms with Crippen molar-refractivity contribution in [3.63, 3.8) is 0 Å². The van der Waals surface area contributed by atoms with Gasteiger partial charge >= 0.3 is 0 Å². The third-order valence-electron chi connectivity index (χ3n) is 3.13. The predicted molar refractivity (Wildman–Crippen MR) is 73.5 cm³/mol. The summed E-state index contributed by atoms with van der Waals surface area (Å²) < 4.78 is 0. The molecule has 1 aromatic rings. The number of hydrogen-bond acceptors (Lipinski definition) is 2. The van der Waals surface area contributed by atoms with E-state index in [0.717, 1.165) is 18.0 Å². The Morgan fingerprint density at radius 1 is 1.50 bits per heavy atom. The van der Waals surface area contributed by atoms with Crippen LogP contribution in [0.2, 0.25) is 5.02 Å². The minimum atomic E-state index is 0.524. The average molecular weight is 256 g/mol.